The molecule has 0 radical (unpaired) electrons. The van der Waals surface area contributed by atoms with Crippen LogP contribution in [-0.2, 0) is 4.74 Å². The van der Waals surface area contributed by atoms with Gasteiger partial charge < -0.3 is 4.74 Å². The van der Waals surface area contributed by atoms with Crippen molar-refractivity contribution >= 4 is 10.9 Å². The average molecular weight is 202 g/mol. The van der Waals surface area contributed by atoms with E-state index in [1.807, 2.05) is 23.0 Å². The van der Waals surface area contributed by atoms with Crippen molar-refractivity contribution in [2.75, 3.05) is 6.61 Å². The van der Waals surface area contributed by atoms with Crippen molar-refractivity contribution in [1.82, 2.24) is 9.78 Å². The number of ether oxygens (including phenoxy) is 1. The molecule has 2 aromatic rings. The fraction of sp³-hybridized carbons (Fsp3) is 0.417. The highest BCUT2D eigenvalue weighted by atomic mass is 16.5. The van der Waals surface area contributed by atoms with Crippen molar-refractivity contribution < 1.29 is 4.74 Å². The van der Waals surface area contributed by atoms with Crippen LogP contribution in [0.1, 0.15) is 25.5 Å². The number of benzene rings is 1. The first-order valence-electron chi connectivity index (χ1n) is 5.49. The van der Waals surface area contributed by atoms with Crippen molar-refractivity contribution in [2.45, 2.75) is 25.5 Å². The Kier molecular flexibility index (Phi) is 2.18. The largest absolute Gasteiger partial charge is 0.356 e. The Morgan fingerprint density at radius 1 is 1.27 bits per heavy atom. The average Bonchev–Trinajstić information content (AvgIpc) is 2.74. The standard InChI is InChI=1S/C12H14N2O/c1-2-6-11-10(5-1)9-13-14(11)12-7-3-4-8-15-12/h1-2,5-6,9,12H,3-4,7-8H2/t12-/m0/s1. The Morgan fingerprint density at radius 2 is 2.20 bits per heavy atom. The molecule has 1 saturated heterocycles. The van der Waals surface area contributed by atoms with E-state index in [4.69, 9.17) is 4.74 Å². The molecule has 0 spiro atoms. The summed E-state index contributed by atoms with van der Waals surface area (Å²) in [5.41, 5.74) is 1.17. The summed E-state index contributed by atoms with van der Waals surface area (Å²) in [6.07, 6.45) is 5.53. The maximum absolute atomic E-state index is 5.73. The van der Waals surface area contributed by atoms with Crippen LogP contribution in [0.5, 0.6) is 0 Å². The van der Waals surface area contributed by atoms with Crippen LogP contribution in [0, 0.1) is 0 Å². The predicted octanol–water partition coefficient (Wildman–Crippen LogP) is 2.74. The van der Waals surface area contributed by atoms with Crippen molar-refractivity contribution in [1.29, 1.82) is 0 Å². The quantitative estimate of drug-likeness (QED) is 0.711. The predicted molar refractivity (Wildman–Crippen MR) is 58.6 cm³/mol. The number of aromatic nitrogens is 2. The molecule has 78 valence electrons. The topological polar surface area (TPSA) is 27.1 Å². The highest BCUT2D eigenvalue weighted by Crippen LogP contribution is 2.25. The molecular formula is C12H14N2O. The zero-order chi connectivity index (χ0) is 10.1. The lowest BCUT2D eigenvalue weighted by Gasteiger charge is -2.23. The van der Waals surface area contributed by atoms with Gasteiger partial charge in [-0.25, -0.2) is 4.68 Å². The van der Waals surface area contributed by atoms with Gasteiger partial charge >= 0.3 is 0 Å². The summed E-state index contributed by atoms with van der Waals surface area (Å²) in [4.78, 5) is 0. The first-order valence-corrected chi connectivity index (χ1v) is 5.49. The van der Waals surface area contributed by atoms with Crippen LogP contribution in [0.4, 0.5) is 0 Å². The van der Waals surface area contributed by atoms with E-state index in [1.165, 1.54) is 23.7 Å². The van der Waals surface area contributed by atoms with Crippen molar-refractivity contribution in [3.63, 3.8) is 0 Å². The molecule has 3 heteroatoms. The van der Waals surface area contributed by atoms with E-state index >= 15 is 0 Å². The number of para-hydroxylation sites is 1. The minimum Gasteiger partial charge on any atom is -0.356 e. The van der Waals surface area contributed by atoms with E-state index in [9.17, 15) is 0 Å². The molecule has 1 aromatic carbocycles. The second-order valence-corrected chi connectivity index (χ2v) is 3.97. The molecule has 1 fully saturated rings. The molecule has 1 aliphatic heterocycles. The molecule has 0 amide bonds. The molecule has 0 bridgehead atoms. The van der Waals surface area contributed by atoms with Crippen LogP contribution >= 0.6 is 0 Å². The summed E-state index contributed by atoms with van der Waals surface area (Å²) in [7, 11) is 0. The molecule has 1 atom stereocenters. The van der Waals surface area contributed by atoms with Crippen LogP contribution in [0.25, 0.3) is 10.9 Å². The zero-order valence-corrected chi connectivity index (χ0v) is 8.60. The number of nitrogens with zero attached hydrogens (tertiary/aromatic N) is 2. The minimum atomic E-state index is 0.138. The van der Waals surface area contributed by atoms with Crippen LogP contribution in [0.2, 0.25) is 0 Å². The van der Waals surface area contributed by atoms with Gasteiger partial charge in [-0.2, -0.15) is 5.10 Å². The van der Waals surface area contributed by atoms with E-state index in [-0.39, 0.29) is 6.23 Å². The number of hydrogen-bond acceptors (Lipinski definition) is 2. The maximum atomic E-state index is 5.73. The number of hydrogen-bond donors (Lipinski definition) is 0. The fourth-order valence-electron chi connectivity index (χ4n) is 2.14. The Labute approximate surface area is 88.7 Å². The fourth-order valence-corrected chi connectivity index (χ4v) is 2.14. The second kappa shape index (κ2) is 3.66. The van der Waals surface area contributed by atoms with E-state index < -0.39 is 0 Å². The number of rotatable bonds is 1. The van der Waals surface area contributed by atoms with Gasteiger partial charge in [0, 0.05) is 12.0 Å². The van der Waals surface area contributed by atoms with Gasteiger partial charge in [-0.1, -0.05) is 18.2 Å². The highest BCUT2D eigenvalue weighted by Gasteiger charge is 2.17. The van der Waals surface area contributed by atoms with Gasteiger partial charge in [-0.15, -0.1) is 0 Å². The summed E-state index contributed by atoms with van der Waals surface area (Å²) in [6.45, 7) is 0.860. The Hall–Kier alpha value is -1.35. The third kappa shape index (κ3) is 1.53. The first kappa shape index (κ1) is 8.92. The molecule has 0 saturated carbocycles. The van der Waals surface area contributed by atoms with Gasteiger partial charge in [-0.3, -0.25) is 0 Å². The van der Waals surface area contributed by atoms with Crippen molar-refractivity contribution in [3.8, 4) is 0 Å². The molecule has 3 rings (SSSR count). The second-order valence-electron chi connectivity index (χ2n) is 3.97. The molecule has 0 unspecified atom stereocenters. The molecule has 0 aliphatic carbocycles. The van der Waals surface area contributed by atoms with Gasteiger partial charge in [0.25, 0.3) is 0 Å². The lowest BCUT2D eigenvalue weighted by Crippen LogP contribution is -2.18. The zero-order valence-electron chi connectivity index (χ0n) is 8.60. The monoisotopic (exact) mass is 202 g/mol. The lowest BCUT2D eigenvalue weighted by atomic mass is 10.2. The normalized spacial score (nSPS) is 22.0. The first-order chi connectivity index (χ1) is 7.45. The van der Waals surface area contributed by atoms with Crippen LogP contribution in [0.15, 0.2) is 30.5 Å². The Morgan fingerprint density at radius 3 is 3.07 bits per heavy atom. The van der Waals surface area contributed by atoms with Gasteiger partial charge in [0.1, 0.15) is 0 Å². The van der Waals surface area contributed by atoms with E-state index in [0.717, 1.165) is 13.0 Å². The van der Waals surface area contributed by atoms with Gasteiger partial charge in [0.15, 0.2) is 6.23 Å². The third-order valence-corrected chi connectivity index (χ3v) is 2.93. The van der Waals surface area contributed by atoms with Crippen molar-refractivity contribution in [2.24, 2.45) is 0 Å². The third-order valence-electron chi connectivity index (χ3n) is 2.93. The lowest BCUT2D eigenvalue weighted by molar-refractivity contribution is -0.0366. The molecule has 3 nitrogen and oxygen atoms in total. The Balaban J connectivity index is 2.02. The highest BCUT2D eigenvalue weighted by molar-refractivity contribution is 5.78. The molecule has 1 aliphatic rings. The van der Waals surface area contributed by atoms with Gasteiger partial charge in [-0.05, 0) is 25.3 Å². The summed E-state index contributed by atoms with van der Waals surface area (Å²) in [5, 5.41) is 5.60. The summed E-state index contributed by atoms with van der Waals surface area (Å²) in [6, 6.07) is 8.27. The molecule has 0 N–H and O–H groups in total. The summed E-state index contributed by atoms with van der Waals surface area (Å²) in [5.74, 6) is 0. The summed E-state index contributed by atoms with van der Waals surface area (Å²) < 4.78 is 7.74. The van der Waals surface area contributed by atoms with E-state index in [1.54, 1.807) is 0 Å². The van der Waals surface area contributed by atoms with Gasteiger partial charge in [0.05, 0.1) is 11.7 Å². The molecule has 2 heterocycles. The molecular weight excluding hydrogens is 188 g/mol. The van der Waals surface area contributed by atoms with Gasteiger partial charge in [0.2, 0.25) is 0 Å². The Bertz CT molecular complexity index is 457. The van der Waals surface area contributed by atoms with E-state index in [2.05, 4.69) is 17.2 Å². The van der Waals surface area contributed by atoms with E-state index in [0.29, 0.717) is 0 Å². The van der Waals surface area contributed by atoms with Crippen molar-refractivity contribution in [3.05, 3.63) is 30.5 Å². The van der Waals surface area contributed by atoms with Crippen LogP contribution in [-0.4, -0.2) is 16.4 Å². The van der Waals surface area contributed by atoms with Crippen LogP contribution in [0.3, 0.4) is 0 Å². The molecule has 1 aromatic heterocycles. The SMILES string of the molecule is c1ccc2c(c1)cnn2[C@@H]1CCCCO1. The summed E-state index contributed by atoms with van der Waals surface area (Å²) >= 11 is 0. The maximum Gasteiger partial charge on any atom is 0.150 e. The smallest absolute Gasteiger partial charge is 0.150 e. The number of fused-ring (bicyclic) bond motifs is 1. The minimum absolute atomic E-state index is 0.138. The van der Waals surface area contributed by atoms with Crippen LogP contribution < -0.4 is 0 Å². The molecule has 15 heavy (non-hydrogen) atoms.